The molecule has 8 nitrogen and oxygen atoms in total. The molecule has 1 aromatic carbocycles. The van der Waals surface area contributed by atoms with E-state index in [2.05, 4.69) is 10.6 Å². The summed E-state index contributed by atoms with van der Waals surface area (Å²) in [6.07, 6.45) is -1.41. The number of methoxy groups -OCH3 is 1. The van der Waals surface area contributed by atoms with Gasteiger partial charge in [0, 0.05) is 0 Å². The van der Waals surface area contributed by atoms with Crippen LogP contribution in [-0.2, 0) is 25.7 Å². The summed E-state index contributed by atoms with van der Waals surface area (Å²) in [7, 11) is 1.23. The van der Waals surface area contributed by atoms with Gasteiger partial charge in [0.15, 0.2) is 0 Å². The van der Waals surface area contributed by atoms with Crippen molar-refractivity contribution in [3.05, 3.63) is 35.9 Å². The summed E-state index contributed by atoms with van der Waals surface area (Å²) in [4.78, 5) is 36.4. The van der Waals surface area contributed by atoms with E-state index in [0.29, 0.717) is 6.42 Å². The molecule has 1 rings (SSSR count). The third-order valence-corrected chi connectivity index (χ3v) is 4.22. The number of benzene rings is 1. The quantitative estimate of drug-likeness (QED) is 0.558. The van der Waals surface area contributed by atoms with E-state index in [9.17, 15) is 19.5 Å². The lowest BCUT2D eigenvalue weighted by Gasteiger charge is -2.26. The number of rotatable bonds is 9. The minimum atomic E-state index is -1.27. The number of alkyl carbamates (subject to hydrolysis) is 1. The molecule has 0 spiro atoms. The molecular weight excluding hydrogens is 352 g/mol. The predicted molar refractivity (Wildman–Crippen MR) is 98.6 cm³/mol. The average Bonchev–Trinajstić information content (AvgIpc) is 2.67. The highest BCUT2D eigenvalue weighted by molar-refractivity contribution is 5.90. The predicted octanol–water partition coefficient (Wildman–Crippen LogP) is 1.37. The molecule has 150 valence electrons. The van der Waals surface area contributed by atoms with E-state index in [1.807, 2.05) is 25.1 Å². The fraction of sp³-hybridized carbons (Fsp3) is 0.526. The molecule has 0 saturated heterocycles. The topological polar surface area (TPSA) is 114 Å². The lowest BCUT2D eigenvalue weighted by molar-refractivity contribution is -0.147. The van der Waals surface area contributed by atoms with Crippen molar-refractivity contribution in [2.45, 2.75) is 52.0 Å². The Hall–Kier alpha value is -2.61. The summed E-state index contributed by atoms with van der Waals surface area (Å²) in [5, 5.41) is 14.7. The first kappa shape index (κ1) is 22.4. The van der Waals surface area contributed by atoms with Crippen molar-refractivity contribution >= 4 is 18.0 Å². The van der Waals surface area contributed by atoms with Crippen molar-refractivity contribution in [1.29, 1.82) is 0 Å². The van der Waals surface area contributed by atoms with Crippen LogP contribution in [0.5, 0.6) is 0 Å². The Morgan fingerprint density at radius 1 is 1.07 bits per heavy atom. The molecule has 8 heteroatoms. The normalized spacial score (nSPS) is 15.0. The van der Waals surface area contributed by atoms with Crippen molar-refractivity contribution in [1.82, 2.24) is 10.6 Å². The van der Waals surface area contributed by atoms with Crippen molar-refractivity contribution in [3.8, 4) is 0 Å². The van der Waals surface area contributed by atoms with Gasteiger partial charge in [-0.1, -0.05) is 50.6 Å². The molecule has 3 N–H and O–H groups in total. The maximum atomic E-state index is 12.5. The van der Waals surface area contributed by atoms with Gasteiger partial charge in [0.2, 0.25) is 5.91 Å². The average molecular weight is 380 g/mol. The van der Waals surface area contributed by atoms with Crippen LogP contribution >= 0.6 is 0 Å². The highest BCUT2D eigenvalue weighted by Crippen LogP contribution is 2.10. The van der Waals surface area contributed by atoms with Crippen LogP contribution in [0.25, 0.3) is 0 Å². The first-order chi connectivity index (χ1) is 12.8. The Bertz CT molecular complexity index is 620. The molecule has 0 saturated carbocycles. The van der Waals surface area contributed by atoms with Crippen LogP contribution in [0.1, 0.15) is 32.8 Å². The largest absolute Gasteiger partial charge is 0.467 e. The van der Waals surface area contributed by atoms with Gasteiger partial charge in [0.1, 0.15) is 18.7 Å². The van der Waals surface area contributed by atoms with Crippen LogP contribution < -0.4 is 10.6 Å². The number of nitrogens with one attached hydrogen (secondary N) is 2. The minimum Gasteiger partial charge on any atom is -0.467 e. The van der Waals surface area contributed by atoms with E-state index >= 15 is 0 Å². The molecule has 0 fully saturated rings. The summed E-state index contributed by atoms with van der Waals surface area (Å²) >= 11 is 0. The van der Waals surface area contributed by atoms with Gasteiger partial charge >= 0.3 is 12.1 Å². The number of aliphatic hydroxyl groups excluding tert-OH is 1. The van der Waals surface area contributed by atoms with Gasteiger partial charge in [-0.15, -0.1) is 0 Å². The van der Waals surface area contributed by atoms with E-state index < -0.39 is 36.2 Å². The molecule has 0 aromatic heterocycles. The van der Waals surface area contributed by atoms with E-state index in [0.717, 1.165) is 5.56 Å². The Kier molecular flexibility index (Phi) is 9.29. The SMILES string of the molecule is CC[C@H](C)[C@@H](NC(=O)[C@@H](NC(=O)OCc1ccccc1)[C@@H](C)O)C(=O)OC. The zero-order valence-electron chi connectivity index (χ0n) is 16.1. The van der Waals surface area contributed by atoms with Crippen LogP contribution in [0, 0.1) is 5.92 Å². The standard InChI is InChI=1S/C19H28N2O6/c1-5-12(2)15(18(24)26-4)20-17(23)16(13(3)22)21-19(25)27-11-14-9-7-6-8-10-14/h6-10,12-13,15-16,22H,5,11H2,1-4H3,(H,20,23)(H,21,25)/t12-,13+,15+,16-/m0/s1. The Morgan fingerprint density at radius 3 is 2.22 bits per heavy atom. The van der Waals surface area contributed by atoms with Crippen LogP contribution in [0.4, 0.5) is 4.79 Å². The zero-order valence-corrected chi connectivity index (χ0v) is 16.1. The van der Waals surface area contributed by atoms with Gasteiger partial charge in [-0.3, -0.25) is 4.79 Å². The molecule has 0 aliphatic carbocycles. The Labute approximate surface area is 159 Å². The number of carbonyl (C=O) groups is 3. The maximum absolute atomic E-state index is 12.5. The van der Waals surface area contributed by atoms with Crippen molar-refractivity contribution in [3.63, 3.8) is 0 Å². The first-order valence-corrected chi connectivity index (χ1v) is 8.83. The minimum absolute atomic E-state index is 0.0263. The number of aliphatic hydroxyl groups is 1. The van der Waals surface area contributed by atoms with Crippen molar-refractivity contribution in [2.24, 2.45) is 5.92 Å². The number of hydrogen-bond acceptors (Lipinski definition) is 6. The number of esters is 1. The Balaban J connectivity index is 2.71. The molecule has 0 heterocycles. The van der Waals surface area contributed by atoms with Crippen molar-refractivity contribution < 1.29 is 29.0 Å². The smallest absolute Gasteiger partial charge is 0.408 e. The number of carbonyl (C=O) groups excluding carboxylic acids is 3. The molecule has 0 unspecified atom stereocenters. The first-order valence-electron chi connectivity index (χ1n) is 8.83. The van der Waals surface area contributed by atoms with Gasteiger partial charge in [0.05, 0.1) is 13.2 Å². The summed E-state index contributed by atoms with van der Waals surface area (Å²) in [5.41, 5.74) is 0.785. The molecule has 0 radical (unpaired) electrons. The number of ether oxygens (including phenoxy) is 2. The summed E-state index contributed by atoms with van der Waals surface area (Å²) in [6.45, 7) is 5.05. The lowest BCUT2D eigenvalue weighted by atomic mass is 9.98. The van der Waals surface area contributed by atoms with Crippen molar-refractivity contribution in [2.75, 3.05) is 7.11 Å². The maximum Gasteiger partial charge on any atom is 0.408 e. The number of hydrogen-bond donors (Lipinski definition) is 3. The molecule has 0 aliphatic rings. The van der Waals surface area contributed by atoms with E-state index in [1.165, 1.54) is 14.0 Å². The lowest BCUT2D eigenvalue weighted by Crippen LogP contribution is -2.57. The molecular formula is C19H28N2O6. The number of amides is 2. The fourth-order valence-corrected chi connectivity index (χ4v) is 2.34. The van der Waals surface area contributed by atoms with Gasteiger partial charge in [-0.25, -0.2) is 9.59 Å². The summed E-state index contributed by atoms with van der Waals surface area (Å²) < 4.78 is 9.79. The van der Waals surface area contributed by atoms with Crippen LogP contribution in [-0.4, -0.2) is 48.4 Å². The second-order valence-corrected chi connectivity index (χ2v) is 6.32. The molecule has 27 heavy (non-hydrogen) atoms. The van der Waals surface area contributed by atoms with Gasteiger partial charge < -0.3 is 25.2 Å². The molecule has 4 atom stereocenters. The highest BCUT2D eigenvalue weighted by Gasteiger charge is 2.32. The monoisotopic (exact) mass is 380 g/mol. The van der Waals surface area contributed by atoms with E-state index in [1.54, 1.807) is 19.1 Å². The van der Waals surface area contributed by atoms with Gasteiger partial charge in [-0.05, 0) is 18.4 Å². The van der Waals surface area contributed by atoms with Gasteiger partial charge in [0.25, 0.3) is 0 Å². The molecule has 0 bridgehead atoms. The fourth-order valence-electron chi connectivity index (χ4n) is 2.34. The molecule has 0 aliphatic heterocycles. The van der Waals surface area contributed by atoms with Crippen LogP contribution in [0.2, 0.25) is 0 Å². The second kappa shape index (κ2) is 11.2. The van der Waals surface area contributed by atoms with Crippen LogP contribution in [0.15, 0.2) is 30.3 Å². The van der Waals surface area contributed by atoms with Crippen LogP contribution in [0.3, 0.4) is 0 Å². The third-order valence-electron chi connectivity index (χ3n) is 4.22. The summed E-state index contributed by atoms with van der Waals surface area (Å²) in [6, 6.07) is 6.89. The molecule has 1 aromatic rings. The van der Waals surface area contributed by atoms with E-state index in [-0.39, 0.29) is 12.5 Å². The van der Waals surface area contributed by atoms with E-state index in [4.69, 9.17) is 9.47 Å². The zero-order chi connectivity index (χ0) is 20.4. The second-order valence-electron chi connectivity index (χ2n) is 6.32. The highest BCUT2D eigenvalue weighted by atomic mass is 16.5. The third kappa shape index (κ3) is 7.26. The van der Waals surface area contributed by atoms with Gasteiger partial charge in [-0.2, -0.15) is 0 Å². The summed E-state index contributed by atoms with van der Waals surface area (Å²) in [5.74, 6) is -1.47. The molecule has 2 amide bonds. The Morgan fingerprint density at radius 2 is 1.70 bits per heavy atom.